The van der Waals surface area contributed by atoms with E-state index in [9.17, 15) is 9.59 Å². The van der Waals surface area contributed by atoms with E-state index >= 15 is 0 Å². The van der Waals surface area contributed by atoms with Crippen molar-refractivity contribution in [1.29, 1.82) is 0 Å². The number of rotatable bonds is 9. The highest BCUT2D eigenvalue weighted by atomic mass is 16.5. The van der Waals surface area contributed by atoms with Crippen LogP contribution < -0.4 is 24.8 Å². The molecule has 8 heteroatoms. The predicted octanol–water partition coefficient (Wildman–Crippen LogP) is 3.46. The molecule has 1 heterocycles. The molecular formula is C21H30N2O6. The molecule has 1 aliphatic heterocycles. The number of carbonyl (C=O) groups is 2. The molecule has 2 amide bonds. The van der Waals surface area contributed by atoms with Crippen molar-refractivity contribution in [1.82, 2.24) is 10.6 Å². The number of hydrogen-bond acceptors (Lipinski definition) is 6. The highest BCUT2D eigenvalue weighted by Gasteiger charge is 2.35. The first-order chi connectivity index (χ1) is 13.9. The molecule has 160 valence electrons. The van der Waals surface area contributed by atoms with Gasteiger partial charge in [0, 0.05) is 5.70 Å². The quantitative estimate of drug-likeness (QED) is 0.610. The molecule has 1 aromatic rings. The summed E-state index contributed by atoms with van der Waals surface area (Å²) >= 11 is 0. The number of esters is 1. The zero-order valence-electron chi connectivity index (χ0n) is 17.9. The maximum absolute atomic E-state index is 12.9. The predicted molar refractivity (Wildman–Crippen MR) is 108 cm³/mol. The van der Waals surface area contributed by atoms with Crippen LogP contribution >= 0.6 is 0 Å². The number of methoxy groups -OCH3 is 2. The molecule has 0 radical (unpaired) electrons. The largest absolute Gasteiger partial charge is 0.493 e. The summed E-state index contributed by atoms with van der Waals surface area (Å²) in [6, 6.07) is 2.37. The number of ether oxygens (including phenoxy) is 4. The average Bonchev–Trinajstić information content (AvgIpc) is 2.67. The second-order valence-corrected chi connectivity index (χ2v) is 6.82. The Kier molecular flexibility index (Phi) is 7.75. The van der Waals surface area contributed by atoms with Crippen LogP contribution in [0.3, 0.4) is 0 Å². The standard InChI is InChI=1S/C21H30N2O6/c1-7-9-14-17(20(24)29-12(3)4)18(23-21(25)22-14)13-10-15(26-5)19(28-8-2)16(11-13)27-6/h10-12,18H,7-9H2,1-6H3,(H2,22,23,25). The Bertz CT molecular complexity index is 762. The van der Waals surface area contributed by atoms with Crippen molar-refractivity contribution in [2.24, 2.45) is 0 Å². The van der Waals surface area contributed by atoms with Crippen molar-refractivity contribution in [3.8, 4) is 17.2 Å². The van der Waals surface area contributed by atoms with Crippen LogP contribution in [0.2, 0.25) is 0 Å². The topological polar surface area (TPSA) is 95.1 Å². The molecule has 8 nitrogen and oxygen atoms in total. The molecule has 0 aliphatic carbocycles. The summed E-state index contributed by atoms with van der Waals surface area (Å²) in [5.41, 5.74) is 1.55. The smallest absolute Gasteiger partial charge is 0.338 e. The van der Waals surface area contributed by atoms with Gasteiger partial charge in [-0.15, -0.1) is 0 Å². The van der Waals surface area contributed by atoms with Gasteiger partial charge in [-0.2, -0.15) is 0 Å². The molecule has 0 spiro atoms. The van der Waals surface area contributed by atoms with E-state index in [1.807, 2.05) is 13.8 Å². The van der Waals surface area contributed by atoms with Crippen LogP contribution in [0, 0.1) is 0 Å². The van der Waals surface area contributed by atoms with E-state index in [0.29, 0.717) is 47.1 Å². The van der Waals surface area contributed by atoms with Gasteiger partial charge in [0.1, 0.15) is 0 Å². The van der Waals surface area contributed by atoms with E-state index in [1.54, 1.807) is 26.0 Å². The maximum Gasteiger partial charge on any atom is 0.338 e. The van der Waals surface area contributed by atoms with E-state index in [-0.39, 0.29) is 12.1 Å². The molecule has 1 unspecified atom stereocenters. The molecule has 0 saturated heterocycles. The average molecular weight is 406 g/mol. The Balaban J connectivity index is 2.63. The molecule has 0 fully saturated rings. The van der Waals surface area contributed by atoms with E-state index in [2.05, 4.69) is 10.6 Å². The zero-order valence-corrected chi connectivity index (χ0v) is 17.9. The summed E-state index contributed by atoms with van der Waals surface area (Å²) < 4.78 is 22.0. The fourth-order valence-electron chi connectivity index (χ4n) is 3.19. The van der Waals surface area contributed by atoms with E-state index in [0.717, 1.165) is 6.42 Å². The minimum Gasteiger partial charge on any atom is -0.493 e. The number of hydrogen-bond donors (Lipinski definition) is 2. The Labute approximate surface area is 171 Å². The third-order valence-corrected chi connectivity index (χ3v) is 4.32. The molecule has 2 N–H and O–H groups in total. The van der Waals surface area contributed by atoms with Crippen molar-refractivity contribution in [2.75, 3.05) is 20.8 Å². The van der Waals surface area contributed by atoms with Crippen LogP contribution in [-0.4, -0.2) is 38.9 Å². The van der Waals surface area contributed by atoms with Crippen molar-refractivity contribution in [3.63, 3.8) is 0 Å². The van der Waals surface area contributed by atoms with Crippen molar-refractivity contribution in [2.45, 2.75) is 52.7 Å². The number of nitrogens with one attached hydrogen (secondary N) is 2. The number of carbonyl (C=O) groups excluding carboxylic acids is 2. The summed E-state index contributed by atoms with van der Waals surface area (Å²) in [5.74, 6) is 0.878. The van der Waals surface area contributed by atoms with Crippen molar-refractivity contribution in [3.05, 3.63) is 29.0 Å². The molecule has 1 aromatic carbocycles. The minimum absolute atomic E-state index is 0.291. The van der Waals surface area contributed by atoms with Gasteiger partial charge in [0.2, 0.25) is 5.75 Å². The Morgan fingerprint density at radius 1 is 1.14 bits per heavy atom. The normalized spacial score (nSPS) is 16.2. The molecule has 1 atom stereocenters. The third kappa shape index (κ3) is 5.13. The molecule has 1 aliphatic rings. The van der Waals surface area contributed by atoms with Crippen LogP contribution in [-0.2, 0) is 9.53 Å². The van der Waals surface area contributed by atoms with E-state index in [4.69, 9.17) is 18.9 Å². The van der Waals surface area contributed by atoms with Crippen molar-refractivity contribution >= 4 is 12.0 Å². The van der Waals surface area contributed by atoms with Gasteiger partial charge in [0.15, 0.2) is 11.5 Å². The number of benzene rings is 1. The summed E-state index contributed by atoms with van der Waals surface area (Å²) in [6.45, 7) is 7.84. The summed E-state index contributed by atoms with van der Waals surface area (Å²) in [5, 5.41) is 5.57. The van der Waals surface area contributed by atoms with Gasteiger partial charge in [0.05, 0.1) is 38.5 Å². The van der Waals surface area contributed by atoms with Gasteiger partial charge in [-0.05, 0) is 44.9 Å². The molecule has 0 bridgehead atoms. The Hall–Kier alpha value is -2.90. The highest BCUT2D eigenvalue weighted by molar-refractivity contribution is 5.95. The number of allylic oxidation sites excluding steroid dienone is 1. The second-order valence-electron chi connectivity index (χ2n) is 6.82. The van der Waals surface area contributed by atoms with Gasteiger partial charge in [0.25, 0.3) is 0 Å². The minimum atomic E-state index is -0.713. The molecule has 0 saturated carbocycles. The fourth-order valence-corrected chi connectivity index (χ4v) is 3.19. The lowest BCUT2D eigenvalue weighted by Gasteiger charge is -2.30. The SMILES string of the molecule is CCCC1=C(C(=O)OC(C)C)C(c2cc(OC)c(OCC)c(OC)c2)NC(=O)N1. The van der Waals surface area contributed by atoms with Crippen LogP contribution in [0.15, 0.2) is 23.4 Å². The van der Waals surface area contributed by atoms with Crippen LogP contribution in [0.25, 0.3) is 0 Å². The van der Waals surface area contributed by atoms with Crippen LogP contribution in [0.5, 0.6) is 17.2 Å². The highest BCUT2D eigenvalue weighted by Crippen LogP contribution is 2.42. The Morgan fingerprint density at radius 2 is 1.76 bits per heavy atom. The summed E-state index contributed by atoms with van der Waals surface area (Å²) in [7, 11) is 3.04. The molecule has 2 rings (SSSR count). The molecule has 29 heavy (non-hydrogen) atoms. The lowest BCUT2D eigenvalue weighted by atomic mass is 9.93. The van der Waals surface area contributed by atoms with E-state index in [1.165, 1.54) is 14.2 Å². The van der Waals surface area contributed by atoms with Crippen LogP contribution in [0.4, 0.5) is 4.79 Å². The van der Waals surface area contributed by atoms with Gasteiger partial charge < -0.3 is 29.6 Å². The molecular weight excluding hydrogens is 376 g/mol. The number of urea groups is 1. The Morgan fingerprint density at radius 3 is 2.24 bits per heavy atom. The monoisotopic (exact) mass is 406 g/mol. The first kappa shape index (κ1) is 22.4. The van der Waals surface area contributed by atoms with Crippen molar-refractivity contribution < 1.29 is 28.5 Å². The lowest BCUT2D eigenvalue weighted by Crippen LogP contribution is -2.46. The van der Waals surface area contributed by atoms with Crippen LogP contribution in [0.1, 0.15) is 52.1 Å². The van der Waals surface area contributed by atoms with Gasteiger partial charge in [-0.25, -0.2) is 9.59 Å². The van der Waals surface area contributed by atoms with Gasteiger partial charge in [-0.3, -0.25) is 0 Å². The second kappa shape index (κ2) is 10.0. The third-order valence-electron chi connectivity index (χ3n) is 4.32. The lowest BCUT2D eigenvalue weighted by molar-refractivity contribution is -0.143. The summed E-state index contributed by atoms with van der Waals surface area (Å²) in [6.07, 6.45) is 1.01. The maximum atomic E-state index is 12.9. The van der Waals surface area contributed by atoms with E-state index < -0.39 is 12.0 Å². The molecule has 0 aromatic heterocycles. The summed E-state index contributed by atoms with van der Waals surface area (Å²) in [4.78, 5) is 25.2. The fraction of sp³-hybridized carbons (Fsp3) is 0.524. The first-order valence-corrected chi connectivity index (χ1v) is 9.76. The van der Waals surface area contributed by atoms with Gasteiger partial charge >= 0.3 is 12.0 Å². The first-order valence-electron chi connectivity index (χ1n) is 9.76. The van der Waals surface area contributed by atoms with Gasteiger partial charge in [-0.1, -0.05) is 13.3 Å². The zero-order chi connectivity index (χ0) is 21.6. The number of amides is 2.